The van der Waals surface area contributed by atoms with E-state index in [0.29, 0.717) is 6.42 Å². The minimum Gasteiger partial charge on any atom is -0.396 e. The predicted molar refractivity (Wildman–Crippen MR) is 17.4 cm³/mol. The monoisotopic (exact) mass is 95.0 g/mol. The van der Waals surface area contributed by atoms with Crippen LogP contribution in [-0.2, 0) is 0 Å². The molecule has 0 aliphatic heterocycles. The Kier molecular flexibility index (Phi) is 2.94. The van der Waals surface area contributed by atoms with Crippen LogP contribution in [0.15, 0.2) is 0 Å². The average Bonchev–Trinajstić information content (AvgIpc) is 1.35. The van der Waals surface area contributed by atoms with Gasteiger partial charge in [-0.3, -0.25) is 0 Å². The number of rotatable bonds is 2. The number of aliphatic hydroxyl groups is 1. The van der Waals surface area contributed by atoms with Gasteiger partial charge in [-0.05, 0) is 0 Å². The molecule has 0 saturated carbocycles. The molecule has 1 N–H and O–H groups in total. The van der Waals surface area contributed by atoms with Crippen LogP contribution in [0.4, 0.5) is 8.78 Å². The zero-order valence-electron chi connectivity index (χ0n) is 3.06. The van der Waals surface area contributed by atoms with Crippen molar-refractivity contribution < 1.29 is 13.9 Å². The summed E-state index contributed by atoms with van der Waals surface area (Å²) in [4.78, 5) is 0. The average molecular weight is 95.1 g/mol. The Morgan fingerprint density at radius 3 is 2.17 bits per heavy atom. The van der Waals surface area contributed by atoms with Gasteiger partial charge in [0.1, 0.15) is 0 Å². The Morgan fingerprint density at radius 1 is 1.67 bits per heavy atom. The molecule has 0 aliphatic rings. The molecule has 0 unspecified atom stereocenters. The summed E-state index contributed by atoms with van der Waals surface area (Å²) in [6, 6.07) is 0. The predicted octanol–water partition coefficient (Wildman–Crippen LogP) is 0.448. The third kappa shape index (κ3) is 3.82. The van der Waals surface area contributed by atoms with Crippen LogP contribution in [0.1, 0.15) is 0 Å². The zero-order chi connectivity index (χ0) is 4.99. The molecule has 0 amide bonds. The fourth-order valence-electron chi connectivity index (χ4n) is 0.0797. The van der Waals surface area contributed by atoms with Crippen molar-refractivity contribution in [3.63, 3.8) is 0 Å². The third-order valence-electron chi connectivity index (χ3n) is 0.284. The Hall–Kier alpha value is -0.180. The molecule has 1 nitrogen and oxygen atoms in total. The molecule has 3 heteroatoms. The molecule has 6 heavy (non-hydrogen) atoms. The minimum absolute atomic E-state index is 0.514. The molecular formula is C3H5F2O. The van der Waals surface area contributed by atoms with Gasteiger partial charge >= 0.3 is 0 Å². The topological polar surface area (TPSA) is 20.2 Å². The van der Waals surface area contributed by atoms with E-state index < -0.39 is 13.0 Å². The van der Waals surface area contributed by atoms with Crippen molar-refractivity contribution in [3.8, 4) is 0 Å². The van der Waals surface area contributed by atoms with Crippen LogP contribution < -0.4 is 0 Å². The van der Waals surface area contributed by atoms with Crippen molar-refractivity contribution in [1.29, 1.82) is 0 Å². The van der Waals surface area contributed by atoms with Crippen LogP contribution in [0, 0.1) is 6.42 Å². The van der Waals surface area contributed by atoms with Crippen LogP contribution >= 0.6 is 0 Å². The lowest BCUT2D eigenvalue weighted by molar-refractivity contribution is 0.161. The van der Waals surface area contributed by atoms with Gasteiger partial charge in [0.15, 0.2) is 0 Å². The highest BCUT2D eigenvalue weighted by Crippen LogP contribution is 1.93. The minimum atomic E-state index is -2.48. The Morgan fingerprint density at radius 2 is 2.17 bits per heavy atom. The fourth-order valence-corrected chi connectivity index (χ4v) is 0.0797. The van der Waals surface area contributed by atoms with E-state index in [0.717, 1.165) is 0 Å². The highest BCUT2D eigenvalue weighted by molar-refractivity contribution is 4.62. The van der Waals surface area contributed by atoms with E-state index in [-0.39, 0.29) is 0 Å². The fraction of sp³-hybridized carbons (Fsp3) is 0.667. The highest BCUT2D eigenvalue weighted by atomic mass is 19.3. The van der Waals surface area contributed by atoms with E-state index in [9.17, 15) is 8.78 Å². The van der Waals surface area contributed by atoms with Crippen LogP contribution in [0.3, 0.4) is 0 Å². The van der Waals surface area contributed by atoms with Gasteiger partial charge in [-0.25, -0.2) is 8.78 Å². The summed E-state index contributed by atoms with van der Waals surface area (Å²) in [7, 11) is 0. The van der Waals surface area contributed by atoms with Gasteiger partial charge in [0, 0.05) is 0 Å². The summed E-state index contributed by atoms with van der Waals surface area (Å²) in [5, 5.41) is 7.70. The molecule has 0 spiro atoms. The molecule has 0 fully saturated rings. The summed E-state index contributed by atoms with van der Waals surface area (Å²) in [5.41, 5.74) is 0. The van der Waals surface area contributed by atoms with Crippen molar-refractivity contribution in [2.45, 2.75) is 6.43 Å². The molecule has 0 bridgehead atoms. The second-order valence-corrected chi connectivity index (χ2v) is 0.753. The van der Waals surface area contributed by atoms with Crippen molar-refractivity contribution in [2.75, 3.05) is 6.61 Å². The first-order valence-corrected chi connectivity index (χ1v) is 1.49. The molecule has 0 atom stereocenters. The first-order valence-electron chi connectivity index (χ1n) is 1.49. The number of alkyl halides is 2. The lowest BCUT2D eigenvalue weighted by Gasteiger charge is -1.86. The Balaban J connectivity index is 2.63. The molecule has 0 aliphatic carbocycles. The summed E-state index contributed by atoms with van der Waals surface area (Å²) in [5.74, 6) is 0. The van der Waals surface area contributed by atoms with E-state index in [1.807, 2.05) is 0 Å². The summed E-state index contributed by atoms with van der Waals surface area (Å²) < 4.78 is 21.6. The standard InChI is InChI=1S/C3H5F2O/c4-3(5)1-2-6/h1,3,6H,2H2. The van der Waals surface area contributed by atoms with E-state index in [2.05, 4.69) is 0 Å². The Bertz CT molecular complexity index is 30.0. The van der Waals surface area contributed by atoms with Crippen molar-refractivity contribution in [3.05, 3.63) is 6.42 Å². The number of aliphatic hydroxyl groups excluding tert-OH is 1. The van der Waals surface area contributed by atoms with Crippen LogP contribution in [0.25, 0.3) is 0 Å². The van der Waals surface area contributed by atoms with Gasteiger partial charge < -0.3 is 5.11 Å². The van der Waals surface area contributed by atoms with E-state index in [4.69, 9.17) is 5.11 Å². The summed E-state index contributed by atoms with van der Waals surface area (Å²) in [6.07, 6.45) is -1.96. The van der Waals surface area contributed by atoms with E-state index in [1.54, 1.807) is 0 Å². The third-order valence-corrected chi connectivity index (χ3v) is 0.284. The molecule has 37 valence electrons. The molecule has 0 aromatic rings. The van der Waals surface area contributed by atoms with Crippen LogP contribution in [0.2, 0.25) is 0 Å². The maximum absolute atomic E-state index is 10.8. The molecule has 1 radical (unpaired) electrons. The highest BCUT2D eigenvalue weighted by Gasteiger charge is 1.97. The molecule has 0 heterocycles. The van der Waals surface area contributed by atoms with Crippen molar-refractivity contribution in [2.24, 2.45) is 0 Å². The van der Waals surface area contributed by atoms with Crippen molar-refractivity contribution >= 4 is 0 Å². The lowest BCUT2D eigenvalue weighted by Crippen LogP contribution is -1.94. The maximum Gasteiger partial charge on any atom is 0.244 e. The largest absolute Gasteiger partial charge is 0.396 e. The zero-order valence-corrected chi connectivity index (χ0v) is 3.06. The van der Waals surface area contributed by atoms with Gasteiger partial charge in [-0.1, -0.05) is 0 Å². The number of hydrogen-bond donors (Lipinski definition) is 1. The summed E-state index contributed by atoms with van der Waals surface area (Å²) in [6.45, 7) is -0.544. The molecule has 0 aromatic heterocycles. The quantitative estimate of drug-likeness (QED) is 0.527. The number of hydrogen-bond acceptors (Lipinski definition) is 1. The normalized spacial score (nSPS) is 10.0. The second kappa shape index (κ2) is 3.03. The summed E-state index contributed by atoms with van der Waals surface area (Å²) >= 11 is 0. The van der Waals surface area contributed by atoms with Crippen LogP contribution in [-0.4, -0.2) is 18.1 Å². The maximum atomic E-state index is 10.8. The van der Waals surface area contributed by atoms with Gasteiger partial charge in [0.25, 0.3) is 0 Å². The molecular weight excluding hydrogens is 90.0 g/mol. The van der Waals surface area contributed by atoms with Crippen molar-refractivity contribution in [1.82, 2.24) is 0 Å². The number of halogens is 2. The first-order chi connectivity index (χ1) is 2.77. The SMILES string of the molecule is OC[CH]C(F)F. The molecule has 0 saturated heterocycles. The smallest absolute Gasteiger partial charge is 0.244 e. The van der Waals surface area contributed by atoms with E-state index in [1.165, 1.54) is 0 Å². The first kappa shape index (κ1) is 5.82. The van der Waals surface area contributed by atoms with Gasteiger partial charge in [-0.15, -0.1) is 0 Å². The van der Waals surface area contributed by atoms with Gasteiger partial charge in [0.2, 0.25) is 6.43 Å². The van der Waals surface area contributed by atoms with Gasteiger partial charge in [0.05, 0.1) is 13.0 Å². The second-order valence-electron chi connectivity index (χ2n) is 0.753. The van der Waals surface area contributed by atoms with Gasteiger partial charge in [-0.2, -0.15) is 0 Å². The van der Waals surface area contributed by atoms with Crippen LogP contribution in [0.5, 0.6) is 0 Å². The van der Waals surface area contributed by atoms with E-state index >= 15 is 0 Å². The molecule has 0 aromatic carbocycles. The lowest BCUT2D eigenvalue weighted by atomic mass is 10.5. The Labute approximate surface area is 34.6 Å². The molecule has 0 rings (SSSR count).